The lowest BCUT2D eigenvalue weighted by Crippen LogP contribution is -2.43. The number of benzene rings is 1. The first-order valence-electron chi connectivity index (χ1n) is 11.5. The van der Waals surface area contributed by atoms with Crippen LogP contribution < -0.4 is 25.2 Å². The zero-order valence-electron chi connectivity index (χ0n) is 18.2. The fourth-order valence-corrected chi connectivity index (χ4v) is 5.79. The lowest BCUT2D eigenvalue weighted by molar-refractivity contribution is -0.125. The van der Waals surface area contributed by atoms with Crippen LogP contribution in [0.5, 0.6) is 11.5 Å². The number of anilines is 1. The summed E-state index contributed by atoms with van der Waals surface area (Å²) in [5.41, 5.74) is 2.68. The van der Waals surface area contributed by atoms with Gasteiger partial charge in [-0.05, 0) is 56.2 Å². The SMILES string of the molecule is O=C(NCc1ccc2c(c1)OCO2)[C@H]1CCCN(c2nn3c(=O)c4c(nc3s2)CCCC4)C1. The van der Waals surface area contributed by atoms with E-state index in [1.54, 1.807) is 0 Å². The molecule has 1 amide bonds. The smallest absolute Gasteiger partial charge is 0.278 e. The number of carbonyl (C=O) groups is 1. The Morgan fingerprint density at radius 3 is 3.00 bits per heavy atom. The summed E-state index contributed by atoms with van der Waals surface area (Å²) in [4.78, 5) is 33.3. The standard InChI is InChI=1S/C23H25N5O4S/c29-20(24-11-14-7-8-18-19(10-14)32-13-31-18)15-4-3-9-27(12-15)23-26-28-21(30)16-5-1-2-6-17(16)25-22(28)33-23/h7-8,10,15H,1-6,9,11-13H2,(H,24,29)/t15-/m0/s1. The van der Waals surface area contributed by atoms with Gasteiger partial charge in [0.15, 0.2) is 11.5 Å². The van der Waals surface area contributed by atoms with E-state index in [4.69, 9.17) is 14.5 Å². The lowest BCUT2D eigenvalue weighted by atomic mass is 9.97. The van der Waals surface area contributed by atoms with Crippen LogP contribution in [0.4, 0.5) is 5.13 Å². The number of hydrogen-bond acceptors (Lipinski definition) is 8. The molecule has 1 fully saturated rings. The number of nitrogens with zero attached hydrogens (tertiary/aromatic N) is 4. The van der Waals surface area contributed by atoms with Gasteiger partial charge in [-0.2, -0.15) is 4.52 Å². The molecule has 0 bridgehead atoms. The first-order valence-corrected chi connectivity index (χ1v) is 12.3. The third-order valence-corrected chi connectivity index (χ3v) is 7.60. The Morgan fingerprint density at radius 1 is 1.18 bits per heavy atom. The molecule has 0 radical (unpaired) electrons. The third-order valence-electron chi connectivity index (χ3n) is 6.64. The molecule has 1 saturated heterocycles. The highest BCUT2D eigenvalue weighted by Crippen LogP contribution is 2.32. The molecule has 33 heavy (non-hydrogen) atoms. The van der Waals surface area contributed by atoms with E-state index in [1.165, 1.54) is 15.9 Å². The van der Waals surface area contributed by atoms with Crippen molar-refractivity contribution in [3.63, 3.8) is 0 Å². The maximum absolute atomic E-state index is 12.9. The van der Waals surface area contributed by atoms with E-state index < -0.39 is 0 Å². The van der Waals surface area contributed by atoms with Crippen molar-refractivity contribution < 1.29 is 14.3 Å². The predicted octanol–water partition coefficient (Wildman–Crippen LogP) is 2.29. The van der Waals surface area contributed by atoms with E-state index in [0.717, 1.165) is 72.8 Å². The van der Waals surface area contributed by atoms with Gasteiger partial charge in [0.1, 0.15) is 0 Å². The number of fused-ring (bicyclic) bond motifs is 3. The van der Waals surface area contributed by atoms with Crippen LogP contribution in [0.25, 0.3) is 4.96 Å². The summed E-state index contributed by atoms with van der Waals surface area (Å²) >= 11 is 1.44. The van der Waals surface area contributed by atoms with Gasteiger partial charge in [-0.15, -0.1) is 5.10 Å². The normalized spacial score (nSPS) is 19.5. The van der Waals surface area contributed by atoms with Crippen molar-refractivity contribution in [3.05, 3.63) is 45.4 Å². The molecular formula is C23H25N5O4S. The Hall–Kier alpha value is -3.14. The van der Waals surface area contributed by atoms with Crippen LogP contribution in [0.3, 0.4) is 0 Å². The zero-order chi connectivity index (χ0) is 22.4. The van der Waals surface area contributed by atoms with Gasteiger partial charge >= 0.3 is 0 Å². The number of amides is 1. The third kappa shape index (κ3) is 3.82. The average molecular weight is 468 g/mol. The summed E-state index contributed by atoms with van der Waals surface area (Å²) in [6.45, 7) is 2.08. The van der Waals surface area contributed by atoms with Crippen molar-refractivity contribution in [2.75, 3.05) is 24.8 Å². The maximum atomic E-state index is 12.9. The van der Waals surface area contributed by atoms with E-state index >= 15 is 0 Å². The molecule has 172 valence electrons. The van der Waals surface area contributed by atoms with Crippen LogP contribution in [-0.2, 0) is 24.2 Å². The molecular weight excluding hydrogens is 442 g/mol. The monoisotopic (exact) mass is 467 g/mol. The molecule has 10 heteroatoms. The second-order valence-corrected chi connectivity index (χ2v) is 9.75. The van der Waals surface area contributed by atoms with Crippen LogP contribution in [0.2, 0.25) is 0 Å². The summed E-state index contributed by atoms with van der Waals surface area (Å²) in [6, 6.07) is 5.71. The highest BCUT2D eigenvalue weighted by atomic mass is 32.1. The topological polar surface area (TPSA) is 98.1 Å². The van der Waals surface area contributed by atoms with Crippen molar-refractivity contribution in [2.24, 2.45) is 5.92 Å². The van der Waals surface area contributed by atoms with Gasteiger partial charge in [-0.1, -0.05) is 17.4 Å². The summed E-state index contributed by atoms with van der Waals surface area (Å²) in [5, 5.41) is 8.41. The molecule has 1 aromatic carbocycles. The molecule has 6 rings (SSSR count). The van der Waals surface area contributed by atoms with E-state index in [-0.39, 0.29) is 24.2 Å². The Labute approximate surface area is 194 Å². The van der Waals surface area contributed by atoms with E-state index in [9.17, 15) is 9.59 Å². The Morgan fingerprint density at radius 2 is 2.06 bits per heavy atom. The molecule has 1 N–H and O–H groups in total. The van der Waals surface area contributed by atoms with Crippen LogP contribution in [0.15, 0.2) is 23.0 Å². The first kappa shape index (κ1) is 20.5. The minimum atomic E-state index is -0.127. The lowest BCUT2D eigenvalue weighted by Gasteiger charge is -2.31. The molecule has 1 atom stereocenters. The average Bonchev–Trinajstić information content (AvgIpc) is 3.50. The summed E-state index contributed by atoms with van der Waals surface area (Å²) in [6.07, 6.45) is 5.49. The van der Waals surface area contributed by atoms with Crippen molar-refractivity contribution in [1.82, 2.24) is 19.9 Å². The largest absolute Gasteiger partial charge is 0.454 e. The van der Waals surface area contributed by atoms with Crippen molar-refractivity contribution in [1.29, 1.82) is 0 Å². The minimum absolute atomic E-state index is 0.0317. The molecule has 0 unspecified atom stereocenters. The van der Waals surface area contributed by atoms with Crippen molar-refractivity contribution >= 4 is 27.3 Å². The summed E-state index contributed by atoms with van der Waals surface area (Å²) < 4.78 is 12.2. The number of aromatic nitrogens is 3. The van der Waals surface area contributed by atoms with Gasteiger partial charge in [-0.25, -0.2) is 4.98 Å². The van der Waals surface area contributed by atoms with E-state index in [2.05, 4.69) is 15.3 Å². The number of hydrogen-bond donors (Lipinski definition) is 1. The fourth-order valence-electron chi connectivity index (χ4n) is 4.84. The Bertz CT molecular complexity index is 1290. The molecule has 0 saturated carbocycles. The van der Waals surface area contributed by atoms with Crippen LogP contribution in [0, 0.1) is 5.92 Å². The van der Waals surface area contributed by atoms with Gasteiger partial charge in [0.25, 0.3) is 5.56 Å². The number of piperidine rings is 1. The number of nitrogens with one attached hydrogen (secondary N) is 1. The highest BCUT2D eigenvalue weighted by Gasteiger charge is 2.28. The van der Waals surface area contributed by atoms with Crippen LogP contribution in [-0.4, -0.2) is 40.4 Å². The zero-order valence-corrected chi connectivity index (χ0v) is 19.0. The Kier molecular flexibility index (Phi) is 5.17. The second-order valence-electron chi connectivity index (χ2n) is 8.82. The molecule has 3 aliphatic rings. The van der Waals surface area contributed by atoms with Crippen molar-refractivity contribution in [3.8, 4) is 11.5 Å². The number of rotatable bonds is 4. The van der Waals surface area contributed by atoms with Gasteiger partial charge in [0, 0.05) is 25.2 Å². The molecule has 9 nitrogen and oxygen atoms in total. The molecule has 2 aliphatic heterocycles. The minimum Gasteiger partial charge on any atom is -0.454 e. The van der Waals surface area contributed by atoms with E-state index in [0.29, 0.717) is 23.8 Å². The number of carbonyl (C=O) groups excluding carboxylic acids is 1. The molecule has 0 spiro atoms. The first-order chi connectivity index (χ1) is 16.2. The van der Waals surface area contributed by atoms with Crippen LogP contribution in [0.1, 0.15) is 42.5 Å². The molecule has 4 heterocycles. The molecule has 2 aromatic heterocycles. The van der Waals surface area contributed by atoms with Gasteiger partial charge < -0.3 is 19.7 Å². The summed E-state index contributed by atoms with van der Waals surface area (Å²) in [5.74, 6) is 1.35. The van der Waals surface area contributed by atoms with Gasteiger partial charge in [0.2, 0.25) is 22.8 Å². The Balaban J connectivity index is 1.15. The van der Waals surface area contributed by atoms with Crippen molar-refractivity contribution in [2.45, 2.75) is 45.1 Å². The van der Waals surface area contributed by atoms with Gasteiger partial charge in [-0.3, -0.25) is 9.59 Å². The quantitative estimate of drug-likeness (QED) is 0.629. The fraction of sp³-hybridized carbons (Fsp3) is 0.478. The maximum Gasteiger partial charge on any atom is 0.278 e. The predicted molar refractivity (Wildman–Crippen MR) is 123 cm³/mol. The number of ether oxygens (including phenoxy) is 2. The highest BCUT2D eigenvalue weighted by molar-refractivity contribution is 7.20. The second kappa shape index (κ2) is 8.33. The molecule has 3 aromatic rings. The summed E-state index contributed by atoms with van der Waals surface area (Å²) in [7, 11) is 0. The van der Waals surface area contributed by atoms with E-state index in [1.807, 2.05) is 18.2 Å². The number of aryl methyl sites for hydroxylation is 1. The molecule has 1 aliphatic carbocycles. The van der Waals surface area contributed by atoms with Gasteiger partial charge in [0.05, 0.1) is 11.6 Å². The van der Waals surface area contributed by atoms with Crippen LogP contribution >= 0.6 is 11.3 Å².